The average Bonchev–Trinajstić information content (AvgIpc) is 2.58. The second-order valence-electron chi connectivity index (χ2n) is 4.99. The zero-order chi connectivity index (χ0) is 19.3. The molecule has 11 heteroatoms. The van der Waals surface area contributed by atoms with Gasteiger partial charge < -0.3 is 16.4 Å². The Hall–Kier alpha value is -3.63. The van der Waals surface area contributed by atoms with E-state index in [1.54, 1.807) is 0 Å². The fourth-order valence-corrected chi connectivity index (χ4v) is 2.04. The smallest absolute Gasteiger partial charge is 0.288 e. The Bertz CT molecular complexity index is 855. The molecule has 9 nitrogen and oxygen atoms in total. The highest BCUT2D eigenvalue weighted by Crippen LogP contribution is 2.18. The number of rotatable bonds is 7. The summed E-state index contributed by atoms with van der Waals surface area (Å²) in [6.45, 7) is -0.0453. The minimum atomic E-state index is -0.997. The van der Waals surface area contributed by atoms with Crippen LogP contribution in [0.3, 0.4) is 0 Å². The number of benzene rings is 1. The van der Waals surface area contributed by atoms with Crippen LogP contribution in [0.15, 0.2) is 30.5 Å². The lowest BCUT2D eigenvalue weighted by Gasteiger charge is -2.10. The van der Waals surface area contributed by atoms with Gasteiger partial charge in [0.1, 0.15) is 29.2 Å². The van der Waals surface area contributed by atoms with E-state index >= 15 is 0 Å². The maximum atomic E-state index is 13.5. The van der Waals surface area contributed by atoms with Crippen LogP contribution in [-0.4, -0.2) is 34.8 Å². The van der Waals surface area contributed by atoms with Crippen LogP contribution in [0, 0.1) is 21.7 Å². The topological polar surface area (TPSA) is 140 Å². The zero-order valence-corrected chi connectivity index (χ0v) is 13.2. The summed E-state index contributed by atoms with van der Waals surface area (Å²) in [5.74, 6) is -3.89. The van der Waals surface area contributed by atoms with Crippen molar-refractivity contribution in [3.63, 3.8) is 0 Å². The number of pyridine rings is 1. The minimum Gasteiger partial charge on any atom is -0.368 e. The van der Waals surface area contributed by atoms with Crippen LogP contribution in [0.1, 0.15) is 20.7 Å². The van der Waals surface area contributed by atoms with E-state index < -0.39 is 39.6 Å². The summed E-state index contributed by atoms with van der Waals surface area (Å²) in [7, 11) is 0. The van der Waals surface area contributed by atoms with Gasteiger partial charge in [-0.15, -0.1) is 0 Å². The van der Waals surface area contributed by atoms with E-state index in [2.05, 4.69) is 15.6 Å². The monoisotopic (exact) mass is 365 g/mol. The second-order valence-corrected chi connectivity index (χ2v) is 4.99. The molecule has 0 bridgehead atoms. The van der Waals surface area contributed by atoms with Crippen molar-refractivity contribution in [2.24, 2.45) is 5.73 Å². The number of nitrogens with one attached hydrogen (secondary N) is 2. The van der Waals surface area contributed by atoms with Crippen LogP contribution in [0.2, 0.25) is 0 Å². The molecule has 2 amide bonds. The van der Waals surface area contributed by atoms with Crippen molar-refractivity contribution >= 4 is 23.3 Å². The van der Waals surface area contributed by atoms with Crippen LogP contribution < -0.4 is 16.4 Å². The molecule has 0 aliphatic carbocycles. The number of anilines is 1. The Balaban J connectivity index is 1.99. The van der Waals surface area contributed by atoms with Crippen LogP contribution in [-0.2, 0) is 0 Å². The third-order valence-electron chi connectivity index (χ3n) is 3.24. The Morgan fingerprint density at radius 2 is 1.88 bits per heavy atom. The number of hydrogen-bond acceptors (Lipinski definition) is 6. The van der Waals surface area contributed by atoms with Gasteiger partial charge in [-0.1, -0.05) is 6.07 Å². The molecule has 0 unspecified atom stereocenters. The SMILES string of the molecule is NC(=O)c1cc([N+](=O)[O-])cnc1NCCNC(=O)c1c(F)cccc1F. The predicted octanol–water partition coefficient (Wildman–Crippen LogP) is 1.21. The van der Waals surface area contributed by atoms with Crippen molar-refractivity contribution in [2.75, 3.05) is 18.4 Å². The maximum absolute atomic E-state index is 13.5. The van der Waals surface area contributed by atoms with E-state index in [-0.39, 0.29) is 24.5 Å². The van der Waals surface area contributed by atoms with Gasteiger partial charge in [0, 0.05) is 19.2 Å². The number of hydrogen-bond donors (Lipinski definition) is 3. The van der Waals surface area contributed by atoms with E-state index in [9.17, 15) is 28.5 Å². The Labute approximate surface area is 145 Å². The van der Waals surface area contributed by atoms with Crippen molar-refractivity contribution in [3.05, 3.63) is 63.3 Å². The van der Waals surface area contributed by atoms with E-state index in [4.69, 9.17) is 5.73 Å². The fourth-order valence-electron chi connectivity index (χ4n) is 2.04. The van der Waals surface area contributed by atoms with Crippen molar-refractivity contribution < 1.29 is 23.3 Å². The number of carbonyl (C=O) groups is 2. The number of amides is 2. The van der Waals surface area contributed by atoms with Gasteiger partial charge in [0.15, 0.2) is 0 Å². The van der Waals surface area contributed by atoms with Crippen LogP contribution >= 0.6 is 0 Å². The van der Waals surface area contributed by atoms with Gasteiger partial charge in [0.2, 0.25) is 0 Å². The van der Waals surface area contributed by atoms with Gasteiger partial charge >= 0.3 is 0 Å². The number of nitrogens with two attached hydrogens (primary N) is 1. The third-order valence-corrected chi connectivity index (χ3v) is 3.24. The summed E-state index contributed by atoms with van der Waals surface area (Å²) in [5.41, 5.74) is 3.83. The second kappa shape index (κ2) is 7.96. The highest BCUT2D eigenvalue weighted by atomic mass is 19.1. The molecule has 4 N–H and O–H groups in total. The molecular formula is C15H13F2N5O4. The molecule has 1 heterocycles. The molecule has 0 spiro atoms. The first-order valence-corrected chi connectivity index (χ1v) is 7.21. The molecule has 0 aliphatic rings. The first kappa shape index (κ1) is 18.7. The predicted molar refractivity (Wildman–Crippen MR) is 86.6 cm³/mol. The minimum absolute atomic E-state index is 0.0191. The molecule has 1 aromatic carbocycles. The number of halogens is 2. The molecule has 0 fully saturated rings. The van der Waals surface area contributed by atoms with E-state index in [1.807, 2.05) is 0 Å². The van der Waals surface area contributed by atoms with Crippen molar-refractivity contribution in [2.45, 2.75) is 0 Å². The molecule has 2 aromatic rings. The first-order chi connectivity index (χ1) is 12.3. The van der Waals surface area contributed by atoms with Gasteiger partial charge in [0.05, 0.1) is 10.5 Å². The van der Waals surface area contributed by atoms with Gasteiger partial charge in [-0.3, -0.25) is 19.7 Å². The summed E-state index contributed by atoms with van der Waals surface area (Å²) in [6.07, 6.45) is 0.933. The lowest BCUT2D eigenvalue weighted by Crippen LogP contribution is -2.30. The molecular weight excluding hydrogens is 352 g/mol. The largest absolute Gasteiger partial charge is 0.368 e. The van der Waals surface area contributed by atoms with E-state index in [0.717, 1.165) is 30.5 Å². The Kier molecular flexibility index (Phi) is 5.73. The molecule has 1 aromatic heterocycles. The molecule has 26 heavy (non-hydrogen) atoms. The number of carbonyl (C=O) groups excluding carboxylic acids is 2. The highest BCUT2D eigenvalue weighted by molar-refractivity contribution is 5.98. The average molecular weight is 365 g/mol. The Morgan fingerprint density at radius 1 is 1.23 bits per heavy atom. The summed E-state index contributed by atoms with van der Waals surface area (Å²) in [5, 5.41) is 15.7. The van der Waals surface area contributed by atoms with Crippen molar-refractivity contribution in [1.29, 1.82) is 0 Å². The summed E-state index contributed by atoms with van der Waals surface area (Å²) < 4.78 is 27.0. The molecule has 0 radical (unpaired) electrons. The Morgan fingerprint density at radius 3 is 2.46 bits per heavy atom. The quantitative estimate of drug-likeness (QED) is 0.383. The maximum Gasteiger partial charge on any atom is 0.288 e. The number of nitro groups is 1. The summed E-state index contributed by atoms with van der Waals surface area (Å²) >= 11 is 0. The van der Waals surface area contributed by atoms with E-state index in [0.29, 0.717) is 0 Å². The van der Waals surface area contributed by atoms with Crippen molar-refractivity contribution in [3.8, 4) is 0 Å². The van der Waals surface area contributed by atoms with E-state index in [1.165, 1.54) is 0 Å². The number of nitrogens with zero attached hydrogens (tertiary/aromatic N) is 2. The van der Waals surface area contributed by atoms with Gasteiger partial charge in [-0.2, -0.15) is 0 Å². The lowest BCUT2D eigenvalue weighted by atomic mass is 10.2. The molecule has 0 atom stereocenters. The lowest BCUT2D eigenvalue weighted by molar-refractivity contribution is -0.385. The standard InChI is InChI=1S/C15H13F2N5O4/c16-10-2-1-3-11(17)12(10)15(24)20-5-4-19-14-9(13(18)23)6-8(7-21-14)22(25)26/h1-3,6-7H,4-5H2,(H2,18,23)(H,19,21)(H,20,24). The van der Waals surface area contributed by atoms with Crippen LogP contribution in [0.5, 0.6) is 0 Å². The first-order valence-electron chi connectivity index (χ1n) is 7.21. The molecule has 0 aliphatic heterocycles. The molecule has 2 rings (SSSR count). The zero-order valence-electron chi connectivity index (χ0n) is 13.2. The molecule has 0 saturated carbocycles. The normalized spacial score (nSPS) is 10.2. The van der Waals surface area contributed by atoms with Gasteiger partial charge in [-0.25, -0.2) is 13.8 Å². The fraction of sp³-hybridized carbons (Fsp3) is 0.133. The van der Waals surface area contributed by atoms with Crippen molar-refractivity contribution in [1.82, 2.24) is 10.3 Å². The number of aromatic nitrogens is 1. The van der Waals surface area contributed by atoms with Gasteiger partial charge in [0.25, 0.3) is 17.5 Å². The number of primary amides is 1. The molecule has 0 saturated heterocycles. The van der Waals surface area contributed by atoms with Gasteiger partial charge in [-0.05, 0) is 12.1 Å². The van der Waals surface area contributed by atoms with Crippen LogP contribution in [0.25, 0.3) is 0 Å². The van der Waals surface area contributed by atoms with Crippen LogP contribution in [0.4, 0.5) is 20.3 Å². The third kappa shape index (κ3) is 4.26. The summed E-state index contributed by atoms with van der Waals surface area (Å²) in [4.78, 5) is 36.9. The summed E-state index contributed by atoms with van der Waals surface area (Å²) in [6, 6.07) is 4.01. The highest BCUT2D eigenvalue weighted by Gasteiger charge is 2.18. The molecule has 136 valence electrons.